The van der Waals surface area contributed by atoms with Crippen LogP contribution in [-0.2, 0) is 9.53 Å². The number of hydrogen-bond donors (Lipinski definition) is 1. The maximum Gasteiger partial charge on any atom is 0.326 e. The normalized spacial score (nSPS) is 20.8. The summed E-state index contributed by atoms with van der Waals surface area (Å²) in [6.07, 6.45) is 0. The first-order valence-corrected chi connectivity index (χ1v) is 5.62. The summed E-state index contributed by atoms with van der Waals surface area (Å²) in [5, 5.41) is 8.89. The van der Waals surface area contributed by atoms with E-state index in [0.29, 0.717) is 19.8 Å². The molecule has 1 atom stereocenters. The van der Waals surface area contributed by atoms with Gasteiger partial charge in [-0.05, 0) is 20.8 Å². The van der Waals surface area contributed by atoms with Crippen LogP contribution < -0.4 is 0 Å². The Kier molecular flexibility index (Phi) is 3.98. The predicted octanol–water partition coefficient (Wildman–Crippen LogP) is 0.622. The van der Waals surface area contributed by atoms with Crippen LogP contribution in [-0.4, -0.2) is 65.3 Å². The fourth-order valence-electron chi connectivity index (χ4n) is 1.73. The monoisotopic (exact) mass is 244 g/mol. The SMILES string of the molecule is CC(C(=O)O)N(C)C(=O)N1CCOCC1(C)C. The van der Waals surface area contributed by atoms with Gasteiger partial charge in [0.15, 0.2) is 0 Å². The van der Waals surface area contributed by atoms with Gasteiger partial charge in [0.25, 0.3) is 0 Å². The van der Waals surface area contributed by atoms with Gasteiger partial charge in [-0.25, -0.2) is 9.59 Å². The Morgan fingerprint density at radius 2 is 2.06 bits per heavy atom. The van der Waals surface area contributed by atoms with Gasteiger partial charge in [-0.3, -0.25) is 0 Å². The molecule has 0 aliphatic carbocycles. The minimum absolute atomic E-state index is 0.270. The number of carbonyl (C=O) groups is 2. The molecule has 1 unspecified atom stereocenters. The highest BCUT2D eigenvalue weighted by Crippen LogP contribution is 2.20. The fraction of sp³-hybridized carbons (Fsp3) is 0.818. The third-order valence-corrected chi connectivity index (χ3v) is 3.12. The molecule has 1 aliphatic heterocycles. The predicted molar refractivity (Wildman–Crippen MR) is 61.9 cm³/mol. The second-order valence-corrected chi connectivity index (χ2v) is 4.92. The molecule has 0 saturated carbocycles. The van der Waals surface area contributed by atoms with Crippen LogP contribution in [0.1, 0.15) is 20.8 Å². The van der Waals surface area contributed by atoms with Crippen LogP contribution in [0.3, 0.4) is 0 Å². The first-order valence-electron chi connectivity index (χ1n) is 5.62. The summed E-state index contributed by atoms with van der Waals surface area (Å²) in [6.45, 7) is 6.75. The quantitative estimate of drug-likeness (QED) is 0.773. The van der Waals surface area contributed by atoms with E-state index >= 15 is 0 Å². The molecular formula is C11H20N2O4. The van der Waals surface area contributed by atoms with Crippen molar-refractivity contribution in [1.29, 1.82) is 0 Å². The highest BCUT2D eigenvalue weighted by molar-refractivity contribution is 5.82. The fourth-order valence-corrected chi connectivity index (χ4v) is 1.73. The molecular weight excluding hydrogens is 224 g/mol. The lowest BCUT2D eigenvalue weighted by Gasteiger charge is -2.44. The Balaban J connectivity index is 2.78. The van der Waals surface area contributed by atoms with Crippen molar-refractivity contribution in [2.45, 2.75) is 32.4 Å². The van der Waals surface area contributed by atoms with Crippen molar-refractivity contribution in [3.05, 3.63) is 0 Å². The molecule has 0 bridgehead atoms. The summed E-state index contributed by atoms with van der Waals surface area (Å²) < 4.78 is 5.32. The smallest absolute Gasteiger partial charge is 0.326 e. The molecule has 17 heavy (non-hydrogen) atoms. The number of nitrogens with zero attached hydrogens (tertiary/aromatic N) is 2. The topological polar surface area (TPSA) is 70.1 Å². The number of aliphatic carboxylic acids is 1. The standard InChI is InChI=1S/C11H20N2O4/c1-8(9(14)15)12(4)10(16)13-5-6-17-7-11(13,2)3/h8H,5-7H2,1-4H3,(H,14,15). The summed E-state index contributed by atoms with van der Waals surface area (Å²) in [4.78, 5) is 26.0. The number of morpholine rings is 1. The van der Waals surface area contributed by atoms with Crippen LogP contribution in [0, 0.1) is 0 Å². The van der Waals surface area contributed by atoms with Crippen LogP contribution in [0.15, 0.2) is 0 Å². The molecule has 6 heteroatoms. The summed E-state index contributed by atoms with van der Waals surface area (Å²) in [6, 6.07) is -1.10. The average Bonchev–Trinajstić information content (AvgIpc) is 2.25. The van der Waals surface area contributed by atoms with Crippen LogP contribution in [0.25, 0.3) is 0 Å². The van der Waals surface area contributed by atoms with Crippen molar-refractivity contribution < 1.29 is 19.4 Å². The highest BCUT2D eigenvalue weighted by atomic mass is 16.5. The molecule has 1 N–H and O–H groups in total. The van der Waals surface area contributed by atoms with E-state index in [4.69, 9.17) is 9.84 Å². The van der Waals surface area contributed by atoms with E-state index in [1.54, 1.807) is 4.90 Å². The van der Waals surface area contributed by atoms with Gasteiger partial charge >= 0.3 is 12.0 Å². The van der Waals surface area contributed by atoms with E-state index in [9.17, 15) is 9.59 Å². The maximum atomic E-state index is 12.2. The van der Waals surface area contributed by atoms with E-state index < -0.39 is 17.6 Å². The van der Waals surface area contributed by atoms with E-state index in [1.807, 2.05) is 13.8 Å². The van der Waals surface area contributed by atoms with Crippen molar-refractivity contribution in [3.63, 3.8) is 0 Å². The number of hydrogen-bond acceptors (Lipinski definition) is 3. The maximum absolute atomic E-state index is 12.2. The molecule has 0 spiro atoms. The van der Waals surface area contributed by atoms with Crippen molar-refractivity contribution in [3.8, 4) is 0 Å². The van der Waals surface area contributed by atoms with Gasteiger partial charge in [-0.15, -0.1) is 0 Å². The molecule has 0 aromatic rings. The Bertz CT molecular complexity index is 317. The first-order chi connectivity index (χ1) is 7.77. The number of urea groups is 1. The number of ether oxygens (including phenoxy) is 1. The third-order valence-electron chi connectivity index (χ3n) is 3.12. The first kappa shape index (κ1) is 13.8. The second kappa shape index (κ2) is 4.91. The van der Waals surface area contributed by atoms with Crippen molar-refractivity contribution in [2.24, 2.45) is 0 Å². The van der Waals surface area contributed by atoms with Crippen LogP contribution >= 0.6 is 0 Å². The summed E-state index contributed by atoms with van der Waals surface area (Å²) in [7, 11) is 1.51. The molecule has 1 aliphatic rings. The third kappa shape index (κ3) is 2.88. The zero-order valence-electron chi connectivity index (χ0n) is 10.8. The number of amides is 2. The van der Waals surface area contributed by atoms with Gasteiger partial charge in [-0.1, -0.05) is 0 Å². The number of likely N-dealkylation sites (N-methyl/N-ethyl adjacent to an activating group) is 1. The second-order valence-electron chi connectivity index (χ2n) is 4.92. The van der Waals surface area contributed by atoms with Crippen LogP contribution in [0.5, 0.6) is 0 Å². The minimum atomic E-state index is -1.01. The molecule has 0 radical (unpaired) electrons. The molecule has 0 aromatic carbocycles. The largest absolute Gasteiger partial charge is 0.480 e. The van der Waals surface area contributed by atoms with Crippen LogP contribution in [0.2, 0.25) is 0 Å². The molecule has 98 valence electrons. The van der Waals surface area contributed by atoms with Crippen molar-refractivity contribution in [2.75, 3.05) is 26.8 Å². The highest BCUT2D eigenvalue weighted by Gasteiger charge is 2.37. The summed E-state index contributed by atoms with van der Waals surface area (Å²) in [5.74, 6) is -1.01. The Morgan fingerprint density at radius 1 is 1.47 bits per heavy atom. The molecule has 1 heterocycles. The number of rotatable bonds is 2. The Morgan fingerprint density at radius 3 is 2.53 bits per heavy atom. The number of carboxylic acid groups (broad SMARTS) is 1. The molecule has 2 amide bonds. The minimum Gasteiger partial charge on any atom is -0.480 e. The summed E-state index contributed by atoms with van der Waals surface area (Å²) in [5.41, 5.74) is -0.401. The van der Waals surface area contributed by atoms with Gasteiger partial charge in [0.1, 0.15) is 6.04 Å². The molecule has 6 nitrogen and oxygen atoms in total. The molecule has 0 aromatic heterocycles. The van der Waals surface area contributed by atoms with Crippen molar-refractivity contribution >= 4 is 12.0 Å². The van der Waals surface area contributed by atoms with E-state index in [2.05, 4.69) is 0 Å². The van der Waals surface area contributed by atoms with Crippen molar-refractivity contribution in [1.82, 2.24) is 9.80 Å². The Hall–Kier alpha value is -1.30. The van der Waals surface area contributed by atoms with Gasteiger partial charge in [0, 0.05) is 13.6 Å². The Labute approximate surface area is 101 Å². The van der Waals surface area contributed by atoms with Gasteiger partial charge in [0.2, 0.25) is 0 Å². The lowest BCUT2D eigenvalue weighted by atomic mass is 10.0. The van der Waals surface area contributed by atoms with E-state index in [0.717, 1.165) is 0 Å². The number of carbonyl (C=O) groups excluding carboxylic acids is 1. The zero-order chi connectivity index (χ0) is 13.2. The lowest BCUT2D eigenvalue weighted by Crippen LogP contribution is -2.60. The van der Waals surface area contributed by atoms with E-state index in [1.165, 1.54) is 18.9 Å². The summed E-state index contributed by atoms with van der Waals surface area (Å²) >= 11 is 0. The van der Waals surface area contributed by atoms with Gasteiger partial charge in [0.05, 0.1) is 18.8 Å². The molecule has 1 saturated heterocycles. The van der Waals surface area contributed by atoms with Gasteiger partial charge < -0.3 is 19.6 Å². The lowest BCUT2D eigenvalue weighted by molar-refractivity contribution is -0.141. The average molecular weight is 244 g/mol. The number of carboxylic acids is 1. The van der Waals surface area contributed by atoms with E-state index in [-0.39, 0.29) is 6.03 Å². The van der Waals surface area contributed by atoms with Crippen LogP contribution in [0.4, 0.5) is 4.79 Å². The molecule has 1 fully saturated rings. The molecule has 1 rings (SSSR count). The zero-order valence-corrected chi connectivity index (χ0v) is 10.8. The van der Waals surface area contributed by atoms with Gasteiger partial charge in [-0.2, -0.15) is 0 Å².